The molecule has 0 saturated heterocycles. The Morgan fingerprint density at radius 2 is 2.14 bits per heavy atom. The van der Waals surface area contributed by atoms with Crippen LogP contribution in [0.5, 0.6) is 0 Å². The molecule has 0 heterocycles. The molecule has 0 radical (unpaired) electrons. The zero-order valence-corrected chi connectivity index (χ0v) is 9.25. The van der Waals surface area contributed by atoms with Crippen molar-refractivity contribution in [2.45, 2.75) is 32.4 Å². The van der Waals surface area contributed by atoms with Crippen LogP contribution < -0.4 is 5.73 Å². The maximum absolute atomic E-state index is 9.84. The van der Waals surface area contributed by atoms with Gasteiger partial charge in [-0.05, 0) is 30.5 Å². The van der Waals surface area contributed by atoms with Gasteiger partial charge >= 0.3 is 0 Å². The van der Waals surface area contributed by atoms with Gasteiger partial charge in [-0.1, -0.05) is 30.7 Å². The average molecular weight is 214 g/mol. The van der Waals surface area contributed by atoms with Crippen LogP contribution in [0.2, 0.25) is 5.02 Å². The smallest absolute Gasteiger partial charge is 0.0940 e. The van der Waals surface area contributed by atoms with E-state index < -0.39 is 6.10 Å². The zero-order chi connectivity index (χ0) is 10.7. The molecule has 0 saturated carbocycles. The second-order valence-electron chi connectivity index (χ2n) is 3.53. The van der Waals surface area contributed by atoms with Crippen molar-refractivity contribution in [3.05, 3.63) is 34.3 Å². The van der Waals surface area contributed by atoms with Gasteiger partial charge in [-0.25, -0.2) is 0 Å². The van der Waals surface area contributed by atoms with Crippen LogP contribution in [-0.2, 0) is 0 Å². The number of aliphatic hydroxyl groups excluding tert-OH is 1. The van der Waals surface area contributed by atoms with Crippen LogP contribution in [0.15, 0.2) is 18.2 Å². The Kier molecular flexibility index (Phi) is 3.93. The molecule has 0 amide bonds. The van der Waals surface area contributed by atoms with Crippen molar-refractivity contribution in [3.8, 4) is 0 Å². The van der Waals surface area contributed by atoms with Gasteiger partial charge < -0.3 is 10.8 Å². The Labute approximate surface area is 89.7 Å². The van der Waals surface area contributed by atoms with Crippen molar-refractivity contribution < 1.29 is 5.11 Å². The van der Waals surface area contributed by atoms with Gasteiger partial charge in [-0.15, -0.1) is 0 Å². The van der Waals surface area contributed by atoms with Gasteiger partial charge in [-0.2, -0.15) is 0 Å². The Balaban J connectivity index is 2.91. The lowest BCUT2D eigenvalue weighted by Crippen LogP contribution is -2.27. The predicted octanol–water partition coefficient (Wildman–Crippen LogP) is 2.42. The van der Waals surface area contributed by atoms with Gasteiger partial charge in [-0.3, -0.25) is 0 Å². The lowest BCUT2D eigenvalue weighted by molar-refractivity contribution is 0.144. The second kappa shape index (κ2) is 4.78. The van der Waals surface area contributed by atoms with E-state index in [1.165, 1.54) is 0 Å². The molecule has 2 nitrogen and oxygen atoms in total. The summed E-state index contributed by atoms with van der Waals surface area (Å²) in [7, 11) is 0. The summed E-state index contributed by atoms with van der Waals surface area (Å²) in [6.07, 6.45) is 0.152. The highest BCUT2D eigenvalue weighted by Crippen LogP contribution is 2.22. The van der Waals surface area contributed by atoms with E-state index in [2.05, 4.69) is 0 Å². The van der Waals surface area contributed by atoms with Gasteiger partial charge in [0.1, 0.15) is 0 Å². The highest BCUT2D eigenvalue weighted by molar-refractivity contribution is 6.31. The lowest BCUT2D eigenvalue weighted by Gasteiger charge is -2.18. The van der Waals surface area contributed by atoms with Crippen molar-refractivity contribution in [2.24, 2.45) is 5.73 Å². The molecule has 0 aliphatic heterocycles. The maximum atomic E-state index is 9.84. The minimum Gasteiger partial charge on any atom is -0.387 e. The first-order valence-electron chi connectivity index (χ1n) is 4.76. The molecule has 1 rings (SSSR count). The van der Waals surface area contributed by atoms with Gasteiger partial charge in [0.2, 0.25) is 0 Å². The van der Waals surface area contributed by atoms with Crippen LogP contribution >= 0.6 is 11.6 Å². The summed E-state index contributed by atoms with van der Waals surface area (Å²) in [5.74, 6) is 0. The van der Waals surface area contributed by atoms with E-state index in [1.54, 1.807) is 6.07 Å². The highest BCUT2D eigenvalue weighted by atomic mass is 35.5. The molecule has 14 heavy (non-hydrogen) atoms. The molecule has 0 bridgehead atoms. The van der Waals surface area contributed by atoms with Crippen molar-refractivity contribution in [3.63, 3.8) is 0 Å². The highest BCUT2D eigenvalue weighted by Gasteiger charge is 2.15. The Hall–Kier alpha value is -0.570. The number of hydrogen-bond acceptors (Lipinski definition) is 2. The van der Waals surface area contributed by atoms with E-state index in [0.29, 0.717) is 5.02 Å². The van der Waals surface area contributed by atoms with Crippen LogP contribution in [0.25, 0.3) is 0 Å². The molecule has 0 unspecified atom stereocenters. The van der Waals surface area contributed by atoms with Crippen LogP contribution in [0.1, 0.15) is 30.6 Å². The monoisotopic (exact) mass is 213 g/mol. The van der Waals surface area contributed by atoms with Gasteiger partial charge in [0.15, 0.2) is 0 Å². The van der Waals surface area contributed by atoms with Gasteiger partial charge in [0.25, 0.3) is 0 Å². The normalized spacial score (nSPS) is 15.2. The topological polar surface area (TPSA) is 46.2 Å². The van der Waals surface area contributed by atoms with Gasteiger partial charge in [0, 0.05) is 11.1 Å². The molecule has 0 aliphatic rings. The van der Waals surface area contributed by atoms with Crippen LogP contribution in [0.4, 0.5) is 0 Å². The molecule has 78 valence electrons. The van der Waals surface area contributed by atoms with Crippen molar-refractivity contribution in [1.29, 1.82) is 0 Å². The SMILES string of the molecule is CC[C@@H](N)[C@@H](O)c1ccc(Cl)c(C)c1. The third-order valence-corrected chi connectivity index (χ3v) is 2.82. The number of rotatable bonds is 3. The number of aliphatic hydroxyl groups is 1. The first-order chi connectivity index (χ1) is 6.56. The minimum atomic E-state index is -0.601. The van der Waals surface area contributed by atoms with E-state index in [0.717, 1.165) is 17.5 Å². The van der Waals surface area contributed by atoms with Crippen molar-refractivity contribution in [2.75, 3.05) is 0 Å². The number of aryl methyl sites for hydroxylation is 1. The summed E-state index contributed by atoms with van der Waals surface area (Å²) < 4.78 is 0. The summed E-state index contributed by atoms with van der Waals surface area (Å²) in [5.41, 5.74) is 7.55. The molecular formula is C11H16ClNO. The van der Waals surface area contributed by atoms with E-state index in [9.17, 15) is 5.11 Å². The third-order valence-electron chi connectivity index (χ3n) is 2.40. The van der Waals surface area contributed by atoms with Crippen LogP contribution in [0.3, 0.4) is 0 Å². The summed E-state index contributed by atoms with van der Waals surface area (Å²) in [5, 5.41) is 10.6. The standard InChI is InChI=1S/C11H16ClNO/c1-3-10(13)11(14)8-4-5-9(12)7(2)6-8/h4-6,10-11,14H,3,13H2,1-2H3/t10-,11+/m1/s1. The summed E-state index contributed by atoms with van der Waals surface area (Å²) in [6.45, 7) is 3.87. The number of hydrogen-bond donors (Lipinski definition) is 2. The molecular weight excluding hydrogens is 198 g/mol. The fourth-order valence-corrected chi connectivity index (χ4v) is 1.44. The maximum Gasteiger partial charge on any atom is 0.0940 e. The summed E-state index contributed by atoms with van der Waals surface area (Å²) in [6, 6.07) is 5.27. The number of benzene rings is 1. The molecule has 0 spiro atoms. The van der Waals surface area contributed by atoms with Crippen LogP contribution in [-0.4, -0.2) is 11.1 Å². The van der Waals surface area contributed by atoms with E-state index in [4.69, 9.17) is 17.3 Å². The molecule has 3 N–H and O–H groups in total. The third kappa shape index (κ3) is 2.47. The Bertz CT molecular complexity index is 314. The number of halogens is 1. The molecule has 0 fully saturated rings. The molecule has 0 aliphatic carbocycles. The fourth-order valence-electron chi connectivity index (χ4n) is 1.32. The molecule has 1 aromatic rings. The van der Waals surface area contributed by atoms with Crippen LogP contribution in [0, 0.1) is 6.92 Å². The van der Waals surface area contributed by atoms with Crippen molar-refractivity contribution >= 4 is 11.6 Å². The fraction of sp³-hybridized carbons (Fsp3) is 0.455. The molecule has 1 aromatic carbocycles. The first kappa shape index (κ1) is 11.5. The zero-order valence-electron chi connectivity index (χ0n) is 8.50. The second-order valence-corrected chi connectivity index (χ2v) is 3.93. The summed E-state index contributed by atoms with van der Waals surface area (Å²) >= 11 is 5.89. The van der Waals surface area contributed by atoms with E-state index in [-0.39, 0.29) is 6.04 Å². The lowest BCUT2D eigenvalue weighted by atomic mass is 10.00. The first-order valence-corrected chi connectivity index (χ1v) is 5.13. The molecule has 0 aromatic heterocycles. The van der Waals surface area contributed by atoms with E-state index >= 15 is 0 Å². The molecule has 2 atom stereocenters. The van der Waals surface area contributed by atoms with E-state index in [1.807, 2.05) is 26.0 Å². The average Bonchev–Trinajstić information content (AvgIpc) is 2.20. The largest absolute Gasteiger partial charge is 0.387 e. The Morgan fingerprint density at radius 1 is 1.50 bits per heavy atom. The Morgan fingerprint density at radius 3 is 2.64 bits per heavy atom. The molecule has 3 heteroatoms. The predicted molar refractivity (Wildman–Crippen MR) is 59.4 cm³/mol. The quantitative estimate of drug-likeness (QED) is 0.810. The number of nitrogens with two attached hydrogens (primary N) is 1. The minimum absolute atomic E-state index is 0.212. The van der Waals surface area contributed by atoms with Gasteiger partial charge in [0.05, 0.1) is 6.10 Å². The van der Waals surface area contributed by atoms with Crippen molar-refractivity contribution in [1.82, 2.24) is 0 Å². The summed E-state index contributed by atoms with van der Waals surface area (Å²) in [4.78, 5) is 0.